The average Bonchev–Trinajstić information content (AvgIpc) is 2.58. The van der Waals surface area contributed by atoms with Crippen LogP contribution in [-0.4, -0.2) is 31.1 Å². The van der Waals surface area contributed by atoms with Gasteiger partial charge < -0.3 is 10.5 Å². The summed E-state index contributed by atoms with van der Waals surface area (Å²) in [6.07, 6.45) is 7.16. The fourth-order valence-electron chi connectivity index (χ4n) is 2.79. The molecular formula is C20H36N2O. The standard InChI is InChI=1S/C20H36N2O/c1-4-7-13-22(14-8-5-2)20(17-21)18-11-10-12-19(16-18)23-15-9-6-3/h10-12,16,20H,4-9,13-15,17,21H2,1-3H3. The molecule has 0 spiro atoms. The van der Waals surface area contributed by atoms with Crippen LogP contribution in [0.1, 0.15) is 70.9 Å². The van der Waals surface area contributed by atoms with Crippen LogP contribution in [0, 0.1) is 0 Å². The van der Waals surface area contributed by atoms with Crippen LogP contribution in [0.25, 0.3) is 0 Å². The number of nitrogens with zero attached hydrogens (tertiary/aromatic N) is 1. The van der Waals surface area contributed by atoms with Gasteiger partial charge in [0.05, 0.1) is 6.61 Å². The van der Waals surface area contributed by atoms with Gasteiger partial charge in [-0.1, -0.05) is 52.2 Å². The highest BCUT2D eigenvalue weighted by molar-refractivity contribution is 5.31. The minimum Gasteiger partial charge on any atom is -0.494 e. The first-order valence-corrected chi connectivity index (χ1v) is 9.43. The molecular weight excluding hydrogens is 284 g/mol. The van der Waals surface area contributed by atoms with Gasteiger partial charge in [0, 0.05) is 12.6 Å². The van der Waals surface area contributed by atoms with Gasteiger partial charge in [-0.25, -0.2) is 0 Å². The van der Waals surface area contributed by atoms with E-state index in [9.17, 15) is 0 Å². The molecule has 0 heterocycles. The first-order chi connectivity index (χ1) is 11.3. The molecule has 2 N–H and O–H groups in total. The Morgan fingerprint density at radius 3 is 2.22 bits per heavy atom. The van der Waals surface area contributed by atoms with Gasteiger partial charge in [0.2, 0.25) is 0 Å². The van der Waals surface area contributed by atoms with Crippen molar-refractivity contribution in [2.24, 2.45) is 5.73 Å². The predicted octanol–water partition coefficient (Wildman–Crippen LogP) is 4.77. The number of benzene rings is 1. The van der Waals surface area contributed by atoms with Crippen LogP contribution < -0.4 is 10.5 Å². The summed E-state index contributed by atoms with van der Waals surface area (Å²) in [7, 11) is 0. The van der Waals surface area contributed by atoms with Gasteiger partial charge in [0.15, 0.2) is 0 Å². The van der Waals surface area contributed by atoms with Crippen molar-refractivity contribution in [3.05, 3.63) is 29.8 Å². The third kappa shape index (κ3) is 7.36. The summed E-state index contributed by atoms with van der Waals surface area (Å²) in [6.45, 7) is 10.4. The molecule has 0 bridgehead atoms. The highest BCUT2D eigenvalue weighted by Gasteiger charge is 2.18. The lowest BCUT2D eigenvalue weighted by Crippen LogP contribution is -2.35. The maximum absolute atomic E-state index is 6.14. The van der Waals surface area contributed by atoms with Gasteiger partial charge >= 0.3 is 0 Å². The Balaban J connectivity index is 2.80. The van der Waals surface area contributed by atoms with Crippen molar-refractivity contribution in [1.82, 2.24) is 4.90 Å². The molecule has 132 valence electrons. The summed E-state index contributed by atoms with van der Waals surface area (Å²) in [5, 5.41) is 0. The van der Waals surface area contributed by atoms with Crippen molar-refractivity contribution in [2.75, 3.05) is 26.2 Å². The second kappa shape index (κ2) is 12.4. The fraction of sp³-hybridized carbons (Fsp3) is 0.700. The maximum Gasteiger partial charge on any atom is 0.119 e. The van der Waals surface area contributed by atoms with Gasteiger partial charge in [0.25, 0.3) is 0 Å². The summed E-state index contributed by atoms with van der Waals surface area (Å²) >= 11 is 0. The molecule has 1 rings (SSSR count). The average molecular weight is 321 g/mol. The molecule has 0 aliphatic rings. The Morgan fingerprint density at radius 1 is 1.00 bits per heavy atom. The SMILES string of the molecule is CCCCOc1cccc(C(CN)N(CCCC)CCCC)c1. The van der Waals surface area contributed by atoms with E-state index in [1.54, 1.807) is 0 Å². The van der Waals surface area contributed by atoms with Crippen LogP contribution in [0.3, 0.4) is 0 Å². The van der Waals surface area contributed by atoms with E-state index in [1.165, 1.54) is 31.2 Å². The van der Waals surface area contributed by atoms with Crippen LogP contribution in [0.15, 0.2) is 24.3 Å². The van der Waals surface area contributed by atoms with E-state index < -0.39 is 0 Å². The first kappa shape index (κ1) is 20.0. The van der Waals surface area contributed by atoms with E-state index in [0.717, 1.165) is 38.3 Å². The molecule has 1 atom stereocenters. The molecule has 1 aromatic carbocycles. The topological polar surface area (TPSA) is 38.5 Å². The van der Waals surface area contributed by atoms with Crippen LogP contribution in [0.5, 0.6) is 5.75 Å². The second-order valence-corrected chi connectivity index (χ2v) is 6.27. The molecule has 0 aromatic heterocycles. The van der Waals surface area contributed by atoms with Crippen LogP contribution in [-0.2, 0) is 0 Å². The zero-order valence-corrected chi connectivity index (χ0v) is 15.4. The van der Waals surface area contributed by atoms with E-state index in [-0.39, 0.29) is 0 Å². The zero-order valence-electron chi connectivity index (χ0n) is 15.4. The van der Waals surface area contributed by atoms with Gasteiger partial charge in [-0.3, -0.25) is 4.90 Å². The molecule has 0 aliphatic carbocycles. The third-order valence-corrected chi connectivity index (χ3v) is 4.27. The Bertz CT molecular complexity index is 400. The molecule has 1 unspecified atom stereocenters. The number of hydrogen-bond donors (Lipinski definition) is 1. The van der Waals surface area contributed by atoms with E-state index in [2.05, 4.69) is 49.9 Å². The molecule has 0 saturated heterocycles. The van der Waals surface area contributed by atoms with E-state index >= 15 is 0 Å². The number of nitrogens with two attached hydrogens (primary N) is 1. The number of unbranched alkanes of at least 4 members (excludes halogenated alkanes) is 3. The van der Waals surface area contributed by atoms with Crippen molar-refractivity contribution in [2.45, 2.75) is 65.3 Å². The normalized spacial score (nSPS) is 12.6. The minimum absolute atomic E-state index is 0.294. The molecule has 3 heteroatoms. The van der Waals surface area contributed by atoms with Gasteiger partial charge in [-0.2, -0.15) is 0 Å². The molecule has 0 fully saturated rings. The highest BCUT2D eigenvalue weighted by Crippen LogP contribution is 2.24. The Morgan fingerprint density at radius 2 is 1.65 bits per heavy atom. The largest absolute Gasteiger partial charge is 0.494 e. The van der Waals surface area contributed by atoms with Gasteiger partial charge in [-0.15, -0.1) is 0 Å². The second-order valence-electron chi connectivity index (χ2n) is 6.27. The molecule has 0 radical (unpaired) electrons. The number of ether oxygens (including phenoxy) is 1. The maximum atomic E-state index is 6.14. The number of hydrogen-bond acceptors (Lipinski definition) is 3. The quantitative estimate of drug-likeness (QED) is 0.532. The van der Waals surface area contributed by atoms with Crippen molar-refractivity contribution >= 4 is 0 Å². The predicted molar refractivity (Wildman–Crippen MR) is 100 cm³/mol. The Hall–Kier alpha value is -1.06. The zero-order chi connectivity index (χ0) is 16.9. The molecule has 0 amide bonds. The molecule has 0 aliphatic heterocycles. The summed E-state index contributed by atoms with van der Waals surface area (Å²) in [4.78, 5) is 2.55. The first-order valence-electron chi connectivity index (χ1n) is 9.43. The summed E-state index contributed by atoms with van der Waals surface area (Å²) in [5.74, 6) is 0.973. The summed E-state index contributed by atoms with van der Waals surface area (Å²) in [5.41, 5.74) is 7.42. The van der Waals surface area contributed by atoms with Crippen molar-refractivity contribution < 1.29 is 4.74 Å². The number of rotatable bonds is 13. The van der Waals surface area contributed by atoms with Crippen molar-refractivity contribution in [3.63, 3.8) is 0 Å². The molecule has 23 heavy (non-hydrogen) atoms. The Labute approximate surface area is 143 Å². The molecule has 3 nitrogen and oxygen atoms in total. The molecule has 1 aromatic rings. The van der Waals surface area contributed by atoms with Crippen molar-refractivity contribution in [1.29, 1.82) is 0 Å². The van der Waals surface area contributed by atoms with Crippen LogP contribution in [0.4, 0.5) is 0 Å². The summed E-state index contributed by atoms with van der Waals surface area (Å²) < 4.78 is 5.86. The lowest BCUT2D eigenvalue weighted by atomic mass is 10.0. The van der Waals surface area contributed by atoms with E-state index in [0.29, 0.717) is 12.6 Å². The van der Waals surface area contributed by atoms with Crippen molar-refractivity contribution in [3.8, 4) is 5.75 Å². The highest BCUT2D eigenvalue weighted by atomic mass is 16.5. The van der Waals surface area contributed by atoms with E-state index in [1.807, 2.05) is 0 Å². The van der Waals surface area contributed by atoms with Gasteiger partial charge in [-0.05, 0) is 50.0 Å². The smallest absolute Gasteiger partial charge is 0.119 e. The lowest BCUT2D eigenvalue weighted by molar-refractivity contribution is 0.195. The molecule has 0 saturated carbocycles. The summed E-state index contributed by atoms with van der Waals surface area (Å²) in [6, 6.07) is 8.81. The third-order valence-electron chi connectivity index (χ3n) is 4.27. The Kier molecular flexibility index (Phi) is 10.8. The van der Waals surface area contributed by atoms with Crippen LogP contribution >= 0.6 is 0 Å². The fourth-order valence-corrected chi connectivity index (χ4v) is 2.79. The van der Waals surface area contributed by atoms with Crippen LogP contribution in [0.2, 0.25) is 0 Å². The monoisotopic (exact) mass is 320 g/mol. The lowest BCUT2D eigenvalue weighted by Gasteiger charge is -2.31. The van der Waals surface area contributed by atoms with Gasteiger partial charge in [0.1, 0.15) is 5.75 Å². The minimum atomic E-state index is 0.294. The van der Waals surface area contributed by atoms with E-state index in [4.69, 9.17) is 10.5 Å².